The number of benzene rings is 1. The van der Waals surface area contributed by atoms with Crippen LogP contribution in [0.15, 0.2) is 35.3 Å². The van der Waals surface area contributed by atoms with E-state index >= 15 is 0 Å². The molecule has 1 aliphatic rings. The Kier molecular flexibility index (Phi) is 8.39. The van der Waals surface area contributed by atoms with Gasteiger partial charge in [0.2, 0.25) is 0 Å². The molecule has 1 unspecified atom stereocenters. The monoisotopic (exact) mass is 361 g/mol. The van der Waals surface area contributed by atoms with Crippen LogP contribution in [-0.2, 0) is 14.9 Å². The molecule has 5 heteroatoms. The first kappa shape index (κ1) is 20.7. The predicted molar refractivity (Wildman–Crippen MR) is 108 cm³/mol. The van der Waals surface area contributed by atoms with Crippen molar-refractivity contribution < 1.29 is 9.47 Å². The van der Waals surface area contributed by atoms with Crippen molar-refractivity contribution in [1.29, 1.82) is 0 Å². The number of methoxy groups -OCH3 is 1. The van der Waals surface area contributed by atoms with Crippen LogP contribution in [0, 0.1) is 5.92 Å². The summed E-state index contributed by atoms with van der Waals surface area (Å²) in [6, 6.07) is 10.6. The molecule has 0 amide bonds. The predicted octanol–water partition coefficient (Wildman–Crippen LogP) is 2.91. The maximum atomic E-state index is 5.71. The van der Waals surface area contributed by atoms with E-state index in [1.165, 1.54) is 5.56 Å². The van der Waals surface area contributed by atoms with Crippen LogP contribution in [0.4, 0.5) is 0 Å². The second-order valence-corrected chi connectivity index (χ2v) is 7.59. The number of nitrogens with zero attached hydrogens (tertiary/aromatic N) is 2. The molecule has 1 fully saturated rings. The van der Waals surface area contributed by atoms with Gasteiger partial charge in [0.05, 0.1) is 26.4 Å². The first-order valence-electron chi connectivity index (χ1n) is 9.72. The van der Waals surface area contributed by atoms with Crippen molar-refractivity contribution in [3.8, 4) is 0 Å². The Bertz CT molecular complexity index is 545. The number of ether oxygens (including phenoxy) is 2. The quantitative estimate of drug-likeness (QED) is 0.417. The number of likely N-dealkylation sites (tertiary alicyclic amines) is 1. The summed E-state index contributed by atoms with van der Waals surface area (Å²) in [5.74, 6) is 1.59. The zero-order chi connectivity index (χ0) is 18.8. The molecule has 1 N–H and O–H groups in total. The van der Waals surface area contributed by atoms with Crippen LogP contribution >= 0.6 is 0 Å². The third-order valence-electron chi connectivity index (χ3n) is 4.88. The average Bonchev–Trinajstić information content (AvgIpc) is 3.12. The topological polar surface area (TPSA) is 46.1 Å². The van der Waals surface area contributed by atoms with Crippen molar-refractivity contribution >= 4 is 5.96 Å². The number of hydrogen-bond acceptors (Lipinski definition) is 3. The molecule has 1 heterocycles. The lowest BCUT2D eigenvalue weighted by atomic mass is 9.85. The van der Waals surface area contributed by atoms with Gasteiger partial charge in [-0.2, -0.15) is 0 Å². The summed E-state index contributed by atoms with van der Waals surface area (Å²) in [7, 11) is 1.71. The van der Waals surface area contributed by atoms with Gasteiger partial charge in [-0.05, 0) is 18.9 Å². The van der Waals surface area contributed by atoms with Crippen molar-refractivity contribution in [3.63, 3.8) is 0 Å². The first-order valence-corrected chi connectivity index (χ1v) is 9.72. The zero-order valence-corrected chi connectivity index (χ0v) is 16.8. The minimum absolute atomic E-state index is 0.0182. The molecule has 1 saturated heterocycles. The number of hydrogen-bond donors (Lipinski definition) is 1. The molecule has 26 heavy (non-hydrogen) atoms. The van der Waals surface area contributed by atoms with Crippen LogP contribution in [0.5, 0.6) is 0 Å². The Morgan fingerprint density at radius 3 is 2.73 bits per heavy atom. The van der Waals surface area contributed by atoms with E-state index in [4.69, 9.17) is 14.5 Å². The maximum Gasteiger partial charge on any atom is 0.193 e. The zero-order valence-electron chi connectivity index (χ0n) is 16.8. The Balaban J connectivity index is 1.92. The SMILES string of the molecule is CCNC(=NCC(C)(C)c1ccccc1)N1CCC(COCCOC)C1. The van der Waals surface area contributed by atoms with E-state index in [9.17, 15) is 0 Å². The van der Waals surface area contributed by atoms with E-state index in [1.54, 1.807) is 7.11 Å². The molecule has 0 aliphatic carbocycles. The first-order chi connectivity index (χ1) is 12.6. The molecule has 0 aromatic heterocycles. The minimum atomic E-state index is 0.0182. The smallest absolute Gasteiger partial charge is 0.193 e. The molecule has 1 aliphatic heterocycles. The molecular formula is C21H35N3O2. The third kappa shape index (κ3) is 6.29. The summed E-state index contributed by atoms with van der Waals surface area (Å²) in [4.78, 5) is 7.33. The van der Waals surface area contributed by atoms with E-state index in [-0.39, 0.29) is 5.41 Å². The Morgan fingerprint density at radius 1 is 1.27 bits per heavy atom. The summed E-state index contributed by atoms with van der Waals surface area (Å²) in [5, 5.41) is 3.46. The average molecular weight is 362 g/mol. The Labute approximate surface area is 158 Å². The molecule has 0 saturated carbocycles. The highest BCUT2D eigenvalue weighted by Gasteiger charge is 2.26. The standard InChI is InChI=1S/C21H35N3O2/c1-5-22-20(23-17-21(2,3)19-9-7-6-8-10-19)24-12-11-18(15-24)16-26-14-13-25-4/h6-10,18H,5,11-17H2,1-4H3,(H,22,23). The van der Waals surface area contributed by atoms with Crippen LogP contribution in [0.2, 0.25) is 0 Å². The molecule has 0 spiro atoms. The van der Waals surface area contributed by atoms with Crippen molar-refractivity contribution in [3.05, 3.63) is 35.9 Å². The summed E-state index contributed by atoms with van der Waals surface area (Å²) >= 11 is 0. The molecule has 1 atom stereocenters. The molecule has 146 valence electrons. The minimum Gasteiger partial charge on any atom is -0.382 e. The summed E-state index contributed by atoms with van der Waals surface area (Å²) in [6.07, 6.45) is 1.15. The van der Waals surface area contributed by atoms with Crippen LogP contribution in [0.3, 0.4) is 0 Å². The van der Waals surface area contributed by atoms with Gasteiger partial charge in [0.1, 0.15) is 0 Å². The summed E-state index contributed by atoms with van der Waals surface area (Å²) in [5.41, 5.74) is 1.34. The second kappa shape index (κ2) is 10.5. The Morgan fingerprint density at radius 2 is 2.04 bits per heavy atom. The van der Waals surface area contributed by atoms with Gasteiger partial charge in [-0.25, -0.2) is 0 Å². The highest BCUT2D eigenvalue weighted by Crippen LogP contribution is 2.23. The van der Waals surface area contributed by atoms with Crippen molar-refractivity contribution in [1.82, 2.24) is 10.2 Å². The lowest BCUT2D eigenvalue weighted by Crippen LogP contribution is -2.41. The molecular weight excluding hydrogens is 326 g/mol. The van der Waals surface area contributed by atoms with E-state index in [2.05, 4.69) is 61.3 Å². The number of rotatable bonds is 9. The van der Waals surface area contributed by atoms with Crippen molar-refractivity contribution in [2.75, 3.05) is 53.1 Å². The fourth-order valence-corrected chi connectivity index (χ4v) is 3.23. The summed E-state index contributed by atoms with van der Waals surface area (Å²) in [6.45, 7) is 12.5. The molecule has 0 bridgehead atoms. The molecule has 0 radical (unpaired) electrons. The molecule has 5 nitrogen and oxygen atoms in total. The number of guanidine groups is 1. The largest absolute Gasteiger partial charge is 0.382 e. The van der Waals surface area contributed by atoms with Gasteiger partial charge in [-0.3, -0.25) is 4.99 Å². The lowest BCUT2D eigenvalue weighted by Gasteiger charge is -2.26. The lowest BCUT2D eigenvalue weighted by molar-refractivity contribution is 0.0536. The van der Waals surface area contributed by atoms with Crippen molar-refractivity contribution in [2.24, 2.45) is 10.9 Å². The Hall–Kier alpha value is -1.59. The molecule has 2 rings (SSSR count). The van der Waals surface area contributed by atoms with Gasteiger partial charge in [0.15, 0.2) is 5.96 Å². The number of aliphatic imine (C=N–C) groups is 1. The van der Waals surface area contributed by atoms with Gasteiger partial charge in [-0.1, -0.05) is 44.2 Å². The highest BCUT2D eigenvalue weighted by molar-refractivity contribution is 5.80. The van der Waals surface area contributed by atoms with Gasteiger partial charge in [-0.15, -0.1) is 0 Å². The van der Waals surface area contributed by atoms with Gasteiger partial charge in [0.25, 0.3) is 0 Å². The van der Waals surface area contributed by atoms with Crippen LogP contribution in [0.1, 0.15) is 32.8 Å². The van der Waals surface area contributed by atoms with Crippen LogP contribution in [0.25, 0.3) is 0 Å². The fourth-order valence-electron chi connectivity index (χ4n) is 3.23. The van der Waals surface area contributed by atoms with E-state index in [1.807, 2.05) is 0 Å². The van der Waals surface area contributed by atoms with E-state index < -0.39 is 0 Å². The highest BCUT2D eigenvalue weighted by atomic mass is 16.5. The third-order valence-corrected chi connectivity index (χ3v) is 4.88. The van der Waals surface area contributed by atoms with Crippen LogP contribution in [-0.4, -0.2) is 64.0 Å². The molecule has 1 aromatic carbocycles. The summed E-state index contributed by atoms with van der Waals surface area (Å²) < 4.78 is 10.7. The van der Waals surface area contributed by atoms with Gasteiger partial charge >= 0.3 is 0 Å². The molecule has 1 aromatic rings. The van der Waals surface area contributed by atoms with Crippen LogP contribution < -0.4 is 5.32 Å². The van der Waals surface area contributed by atoms with E-state index in [0.29, 0.717) is 19.1 Å². The fraction of sp³-hybridized carbons (Fsp3) is 0.667. The van der Waals surface area contributed by atoms with Crippen molar-refractivity contribution in [2.45, 2.75) is 32.6 Å². The number of nitrogens with one attached hydrogen (secondary N) is 1. The maximum absolute atomic E-state index is 5.71. The van der Waals surface area contributed by atoms with Gasteiger partial charge < -0.3 is 19.7 Å². The second-order valence-electron chi connectivity index (χ2n) is 7.59. The normalized spacial score (nSPS) is 18.4. The van der Waals surface area contributed by atoms with Gasteiger partial charge in [0, 0.05) is 38.1 Å². The van der Waals surface area contributed by atoms with E-state index in [0.717, 1.165) is 45.2 Å².